The lowest BCUT2D eigenvalue weighted by molar-refractivity contribution is -0.294. The van der Waals surface area contributed by atoms with Gasteiger partial charge in [-0.3, -0.25) is 24.3 Å². The first-order valence-corrected chi connectivity index (χ1v) is 20.4. The number of carbonyl (C=O) groups is 4. The second kappa shape index (κ2) is 18.5. The first-order chi connectivity index (χ1) is 27.2. The highest BCUT2D eigenvalue weighted by Gasteiger charge is 2.56. The predicted molar refractivity (Wildman–Crippen MR) is 216 cm³/mol. The Morgan fingerprint density at radius 3 is 1.81 bits per heavy atom. The monoisotopic (exact) mass is 830 g/mol. The molecule has 4 rings (SSSR count). The largest absolute Gasteiger partial charge is 0.508 e. The van der Waals surface area contributed by atoms with Crippen molar-refractivity contribution in [1.82, 2.24) is 10.2 Å². The third-order valence-corrected chi connectivity index (χ3v) is 9.69. The molecular weight excluding hydrogens is 764 g/mol. The van der Waals surface area contributed by atoms with Crippen LogP contribution in [-0.4, -0.2) is 95.8 Å². The standard InChI is InChI=1S/C44H66N2O13/c1-24(2)31-28(21-25-15-16-26(47)22-29(25)54-27-17-19-52-20-18-27)35(46-45-31)59-36-34(58-40(51)44(12,13)14)33(57-39(50)43(9,10)11)32(56-38(49)42(6,7)8)30(55-36)23-53-37(48)41(3,4)5/h15-16,22,24,27,30,32-34,36,47H,17-21,23H2,1-14H3,(H,45,46)/t30-,32-,33+,34-,36+/m1/s1. The number of phenolic OH excluding ortho intramolecular Hbond substituents is 1. The summed E-state index contributed by atoms with van der Waals surface area (Å²) in [7, 11) is 0. The second-order valence-electron chi connectivity index (χ2n) is 19.8. The highest BCUT2D eigenvalue weighted by molar-refractivity contribution is 5.78. The van der Waals surface area contributed by atoms with E-state index in [1.807, 2.05) is 13.8 Å². The molecule has 0 saturated carbocycles. The number of benzene rings is 1. The molecule has 0 bridgehead atoms. The number of esters is 4. The molecule has 2 N–H and O–H groups in total. The van der Waals surface area contributed by atoms with Crippen molar-refractivity contribution in [3.8, 4) is 17.4 Å². The third-order valence-electron chi connectivity index (χ3n) is 9.69. The fraction of sp³-hybridized carbons (Fsp3) is 0.705. The van der Waals surface area contributed by atoms with Gasteiger partial charge >= 0.3 is 23.9 Å². The Hall–Kier alpha value is -4.37. The van der Waals surface area contributed by atoms with Gasteiger partial charge in [-0.15, -0.1) is 5.10 Å². The van der Waals surface area contributed by atoms with E-state index in [1.165, 1.54) is 0 Å². The summed E-state index contributed by atoms with van der Waals surface area (Å²) in [4.78, 5) is 54.3. The van der Waals surface area contributed by atoms with E-state index >= 15 is 0 Å². The Balaban J connectivity index is 1.87. The molecule has 1 aromatic heterocycles. The van der Waals surface area contributed by atoms with E-state index < -0.39 is 82.8 Å². The number of ether oxygens (including phenoxy) is 8. The van der Waals surface area contributed by atoms with Crippen LogP contribution in [0.4, 0.5) is 0 Å². The topological polar surface area (TPSA) is 191 Å². The molecule has 15 nitrogen and oxygen atoms in total. The lowest BCUT2D eigenvalue weighted by atomic mass is 9.93. The van der Waals surface area contributed by atoms with Crippen LogP contribution in [0.3, 0.4) is 0 Å². The van der Waals surface area contributed by atoms with Crippen molar-refractivity contribution in [2.75, 3.05) is 19.8 Å². The number of H-pyrrole nitrogens is 1. The summed E-state index contributed by atoms with van der Waals surface area (Å²) in [5.74, 6) is -2.06. The van der Waals surface area contributed by atoms with E-state index in [4.69, 9.17) is 37.9 Å². The van der Waals surface area contributed by atoms with Gasteiger partial charge in [0.1, 0.15) is 30.3 Å². The summed E-state index contributed by atoms with van der Waals surface area (Å²) in [6.45, 7) is 24.7. The predicted octanol–water partition coefficient (Wildman–Crippen LogP) is 6.95. The number of rotatable bonds is 12. The molecule has 15 heteroatoms. The van der Waals surface area contributed by atoms with Crippen LogP contribution < -0.4 is 9.47 Å². The van der Waals surface area contributed by atoms with Gasteiger partial charge in [0, 0.05) is 36.6 Å². The van der Waals surface area contributed by atoms with E-state index in [1.54, 1.807) is 101 Å². The van der Waals surface area contributed by atoms with E-state index in [-0.39, 0.29) is 30.1 Å². The van der Waals surface area contributed by atoms with Crippen LogP contribution in [0.5, 0.6) is 17.4 Å². The van der Waals surface area contributed by atoms with Gasteiger partial charge in [0.2, 0.25) is 18.3 Å². The summed E-state index contributed by atoms with van der Waals surface area (Å²) >= 11 is 0. The van der Waals surface area contributed by atoms with Crippen LogP contribution in [0.1, 0.15) is 133 Å². The zero-order chi connectivity index (χ0) is 44.2. The molecule has 2 aliphatic heterocycles. The molecule has 330 valence electrons. The molecule has 2 fully saturated rings. The van der Waals surface area contributed by atoms with Gasteiger partial charge in [-0.25, -0.2) is 0 Å². The molecule has 2 saturated heterocycles. The van der Waals surface area contributed by atoms with Crippen molar-refractivity contribution in [2.45, 2.75) is 159 Å². The van der Waals surface area contributed by atoms with Crippen LogP contribution in [-0.2, 0) is 54.0 Å². The first kappa shape index (κ1) is 47.3. The highest BCUT2D eigenvalue weighted by atomic mass is 16.7. The smallest absolute Gasteiger partial charge is 0.311 e. The molecule has 0 spiro atoms. The van der Waals surface area contributed by atoms with Crippen molar-refractivity contribution >= 4 is 23.9 Å². The maximum Gasteiger partial charge on any atom is 0.311 e. The maximum atomic E-state index is 13.8. The average molecular weight is 831 g/mol. The molecule has 0 aliphatic carbocycles. The number of hydrogen-bond donors (Lipinski definition) is 2. The molecule has 59 heavy (non-hydrogen) atoms. The van der Waals surface area contributed by atoms with E-state index in [0.717, 1.165) is 11.3 Å². The number of phenols is 1. The van der Waals surface area contributed by atoms with Crippen molar-refractivity contribution in [3.05, 3.63) is 35.0 Å². The van der Waals surface area contributed by atoms with Gasteiger partial charge in [-0.1, -0.05) is 19.9 Å². The Morgan fingerprint density at radius 2 is 1.29 bits per heavy atom. The van der Waals surface area contributed by atoms with Crippen molar-refractivity contribution in [1.29, 1.82) is 0 Å². The van der Waals surface area contributed by atoms with Crippen molar-refractivity contribution < 1.29 is 62.2 Å². The molecule has 0 unspecified atom stereocenters. The summed E-state index contributed by atoms with van der Waals surface area (Å²) in [6, 6.07) is 4.92. The molecule has 5 atom stereocenters. The van der Waals surface area contributed by atoms with Crippen LogP contribution in [0, 0.1) is 21.7 Å². The van der Waals surface area contributed by atoms with Gasteiger partial charge in [-0.05, 0) is 101 Å². The zero-order valence-electron chi connectivity index (χ0n) is 37.3. The Morgan fingerprint density at radius 1 is 0.763 bits per heavy atom. The van der Waals surface area contributed by atoms with Crippen LogP contribution in [0.2, 0.25) is 0 Å². The SMILES string of the molecule is CC(C)c1[nH]nc(O[C@@H]2O[C@H](COC(=O)C(C)(C)C)[C@@H](OC(=O)C(C)(C)C)[C@H](OC(=O)C(C)(C)C)[C@H]2OC(=O)C(C)(C)C)c1Cc1ccc(O)cc1OC1CCOCC1. The van der Waals surface area contributed by atoms with Gasteiger partial charge in [0.15, 0.2) is 12.2 Å². The zero-order valence-corrected chi connectivity index (χ0v) is 37.3. The van der Waals surface area contributed by atoms with Crippen LogP contribution in [0.25, 0.3) is 0 Å². The van der Waals surface area contributed by atoms with Crippen LogP contribution in [0.15, 0.2) is 18.2 Å². The molecule has 3 heterocycles. The number of aromatic hydroxyl groups is 1. The van der Waals surface area contributed by atoms with E-state index in [2.05, 4.69) is 10.2 Å². The van der Waals surface area contributed by atoms with Crippen molar-refractivity contribution in [2.24, 2.45) is 21.7 Å². The van der Waals surface area contributed by atoms with Crippen molar-refractivity contribution in [3.63, 3.8) is 0 Å². The average Bonchev–Trinajstić information content (AvgIpc) is 3.51. The molecule has 0 amide bonds. The van der Waals surface area contributed by atoms with E-state index in [9.17, 15) is 24.3 Å². The minimum atomic E-state index is -1.54. The van der Waals surface area contributed by atoms with Gasteiger partial charge in [0.25, 0.3) is 0 Å². The summed E-state index contributed by atoms with van der Waals surface area (Å²) in [5, 5.41) is 18.1. The molecule has 2 aliphatic rings. The number of carbonyl (C=O) groups excluding carboxylic acids is 4. The highest BCUT2D eigenvalue weighted by Crippen LogP contribution is 2.38. The number of aromatic nitrogens is 2. The van der Waals surface area contributed by atoms with Gasteiger partial charge in [0.05, 0.1) is 34.9 Å². The quantitative estimate of drug-likeness (QED) is 0.165. The Bertz CT molecular complexity index is 1780. The Kier molecular flexibility index (Phi) is 14.8. The summed E-state index contributed by atoms with van der Waals surface area (Å²) < 4.78 is 49.3. The number of nitrogens with one attached hydrogen (secondary N) is 1. The second-order valence-corrected chi connectivity index (χ2v) is 19.8. The molecule has 1 aromatic carbocycles. The first-order valence-electron chi connectivity index (χ1n) is 20.4. The van der Waals surface area contributed by atoms with E-state index in [0.29, 0.717) is 37.4 Å². The number of aromatic amines is 1. The van der Waals surface area contributed by atoms with Crippen LogP contribution >= 0.6 is 0 Å². The normalized spacial score (nSPS) is 22.1. The number of hydrogen-bond acceptors (Lipinski definition) is 14. The maximum absolute atomic E-state index is 13.8. The molecule has 2 aromatic rings. The fourth-order valence-electron chi connectivity index (χ4n) is 5.96. The molecule has 0 radical (unpaired) electrons. The summed E-state index contributed by atoms with van der Waals surface area (Å²) in [5.41, 5.74) is -1.92. The number of nitrogens with zero attached hydrogens (tertiary/aromatic N) is 1. The lowest BCUT2D eigenvalue weighted by Crippen LogP contribution is -2.65. The fourth-order valence-corrected chi connectivity index (χ4v) is 5.96. The van der Waals surface area contributed by atoms with Gasteiger partial charge in [-0.2, -0.15) is 0 Å². The Labute approximate surface area is 348 Å². The minimum absolute atomic E-state index is 0.0402. The third kappa shape index (κ3) is 12.6. The van der Waals surface area contributed by atoms with Gasteiger partial charge < -0.3 is 43.0 Å². The minimum Gasteiger partial charge on any atom is -0.508 e. The lowest BCUT2D eigenvalue weighted by Gasteiger charge is -2.45. The molecular formula is C44H66N2O13. The summed E-state index contributed by atoms with van der Waals surface area (Å²) in [6.07, 6.45) is -5.75.